The molecule has 0 spiro atoms. The van der Waals surface area contributed by atoms with Crippen molar-refractivity contribution in [3.05, 3.63) is 51.7 Å². The van der Waals surface area contributed by atoms with Gasteiger partial charge in [-0.2, -0.15) is 11.3 Å². The average Bonchev–Trinajstić information content (AvgIpc) is 2.91. The van der Waals surface area contributed by atoms with Gasteiger partial charge in [-0.25, -0.2) is 0 Å². The number of hydrogen-bond acceptors (Lipinski definition) is 4. The van der Waals surface area contributed by atoms with Crippen molar-refractivity contribution in [2.45, 2.75) is 13.1 Å². The highest BCUT2D eigenvalue weighted by atomic mass is 32.1. The molecule has 0 saturated heterocycles. The van der Waals surface area contributed by atoms with Gasteiger partial charge in [0.05, 0.1) is 7.11 Å². The Labute approximate surface area is 117 Å². The lowest BCUT2D eigenvalue weighted by atomic mass is 10.1. The Balaban J connectivity index is 2.10. The SMILES string of the molecule is COc1ccc(C=O)cc1CN(C)Cc1ccsc1. The van der Waals surface area contributed by atoms with Gasteiger partial charge in [0.15, 0.2) is 0 Å². The molecule has 0 saturated carbocycles. The normalized spacial score (nSPS) is 10.7. The van der Waals surface area contributed by atoms with Crippen LogP contribution >= 0.6 is 11.3 Å². The molecule has 0 radical (unpaired) electrons. The van der Waals surface area contributed by atoms with Gasteiger partial charge in [-0.1, -0.05) is 0 Å². The number of nitrogens with zero attached hydrogens (tertiary/aromatic N) is 1. The summed E-state index contributed by atoms with van der Waals surface area (Å²) in [7, 11) is 3.71. The van der Waals surface area contributed by atoms with Gasteiger partial charge in [0.1, 0.15) is 12.0 Å². The predicted octanol–water partition coefficient (Wildman–Crippen LogP) is 3.20. The average molecular weight is 275 g/mol. The Morgan fingerprint density at radius 1 is 1.32 bits per heavy atom. The van der Waals surface area contributed by atoms with Crippen LogP contribution in [0.2, 0.25) is 0 Å². The maximum atomic E-state index is 10.8. The zero-order chi connectivity index (χ0) is 13.7. The fourth-order valence-electron chi connectivity index (χ4n) is 2.04. The van der Waals surface area contributed by atoms with Gasteiger partial charge in [-0.15, -0.1) is 0 Å². The number of thiophene rings is 1. The molecule has 0 bridgehead atoms. The van der Waals surface area contributed by atoms with Crippen molar-refractivity contribution in [3.8, 4) is 5.75 Å². The van der Waals surface area contributed by atoms with Gasteiger partial charge in [0, 0.05) is 24.2 Å². The fraction of sp³-hybridized carbons (Fsp3) is 0.267. The first-order valence-corrected chi connectivity index (χ1v) is 6.99. The number of methoxy groups -OCH3 is 1. The summed E-state index contributed by atoms with van der Waals surface area (Å²) in [5, 5.41) is 4.23. The third-order valence-electron chi connectivity index (χ3n) is 2.91. The second-order valence-corrected chi connectivity index (χ2v) is 5.27. The summed E-state index contributed by atoms with van der Waals surface area (Å²) in [5.41, 5.74) is 3.02. The quantitative estimate of drug-likeness (QED) is 0.758. The van der Waals surface area contributed by atoms with Crippen LogP contribution in [-0.2, 0) is 13.1 Å². The van der Waals surface area contributed by atoms with Crippen LogP contribution in [0.5, 0.6) is 5.75 Å². The first-order valence-electron chi connectivity index (χ1n) is 6.04. The third kappa shape index (κ3) is 3.66. The molecule has 0 atom stereocenters. The number of ether oxygens (including phenoxy) is 1. The molecule has 0 N–H and O–H groups in total. The van der Waals surface area contributed by atoms with E-state index in [-0.39, 0.29) is 0 Å². The van der Waals surface area contributed by atoms with E-state index in [4.69, 9.17) is 4.74 Å². The van der Waals surface area contributed by atoms with E-state index in [0.29, 0.717) is 5.56 Å². The maximum absolute atomic E-state index is 10.8. The van der Waals surface area contributed by atoms with Gasteiger partial charge >= 0.3 is 0 Å². The Kier molecular flexibility index (Phi) is 4.71. The van der Waals surface area contributed by atoms with Gasteiger partial charge < -0.3 is 4.74 Å². The minimum Gasteiger partial charge on any atom is -0.496 e. The van der Waals surface area contributed by atoms with Crippen molar-refractivity contribution in [1.29, 1.82) is 0 Å². The number of benzene rings is 1. The minimum absolute atomic E-state index is 0.680. The molecule has 1 heterocycles. The lowest BCUT2D eigenvalue weighted by Crippen LogP contribution is -2.17. The smallest absolute Gasteiger partial charge is 0.150 e. The van der Waals surface area contributed by atoms with E-state index in [1.807, 2.05) is 12.1 Å². The summed E-state index contributed by atoms with van der Waals surface area (Å²) in [6.45, 7) is 1.64. The van der Waals surface area contributed by atoms with Crippen molar-refractivity contribution < 1.29 is 9.53 Å². The lowest BCUT2D eigenvalue weighted by molar-refractivity contribution is 0.112. The van der Waals surface area contributed by atoms with Gasteiger partial charge in [0.2, 0.25) is 0 Å². The summed E-state index contributed by atoms with van der Waals surface area (Å²) in [6.07, 6.45) is 0.863. The topological polar surface area (TPSA) is 29.5 Å². The Hall–Kier alpha value is -1.65. The first kappa shape index (κ1) is 13.8. The third-order valence-corrected chi connectivity index (χ3v) is 3.65. The number of rotatable bonds is 6. The second-order valence-electron chi connectivity index (χ2n) is 4.49. The molecular formula is C15H17NO2S. The van der Waals surface area contributed by atoms with Crippen LogP contribution in [0.1, 0.15) is 21.5 Å². The van der Waals surface area contributed by atoms with E-state index in [1.54, 1.807) is 24.5 Å². The summed E-state index contributed by atoms with van der Waals surface area (Å²) in [5.74, 6) is 0.822. The van der Waals surface area contributed by atoms with E-state index in [2.05, 4.69) is 28.8 Å². The second kappa shape index (κ2) is 6.50. The molecule has 2 aromatic rings. The van der Waals surface area contributed by atoms with Gasteiger partial charge in [-0.3, -0.25) is 9.69 Å². The first-order chi connectivity index (χ1) is 9.22. The Morgan fingerprint density at radius 2 is 2.16 bits per heavy atom. The lowest BCUT2D eigenvalue weighted by Gasteiger charge is -2.18. The van der Waals surface area contributed by atoms with Gasteiger partial charge in [-0.05, 0) is 47.6 Å². The summed E-state index contributed by atoms with van der Waals surface area (Å²) in [6, 6.07) is 7.63. The number of aldehydes is 1. The molecule has 1 aromatic carbocycles. The zero-order valence-corrected chi connectivity index (χ0v) is 11.9. The van der Waals surface area contributed by atoms with Crippen molar-refractivity contribution in [2.24, 2.45) is 0 Å². The number of carbonyl (C=O) groups is 1. The summed E-state index contributed by atoms with van der Waals surface area (Å²) in [4.78, 5) is 13.1. The fourth-order valence-corrected chi connectivity index (χ4v) is 2.70. The standard InChI is InChI=1S/C15H17NO2S/c1-16(8-13-5-6-19-11-13)9-14-7-12(10-17)3-4-15(14)18-2/h3-7,10-11H,8-9H2,1-2H3. The Morgan fingerprint density at radius 3 is 2.79 bits per heavy atom. The Bertz CT molecular complexity index is 537. The molecule has 100 valence electrons. The number of hydrogen-bond donors (Lipinski definition) is 0. The van der Waals surface area contributed by atoms with Crippen LogP contribution in [0.15, 0.2) is 35.0 Å². The van der Waals surface area contributed by atoms with Crippen LogP contribution in [0.3, 0.4) is 0 Å². The molecule has 0 fully saturated rings. The molecule has 2 rings (SSSR count). The van der Waals surface area contributed by atoms with Crippen LogP contribution in [0.25, 0.3) is 0 Å². The van der Waals surface area contributed by atoms with E-state index < -0.39 is 0 Å². The highest BCUT2D eigenvalue weighted by Crippen LogP contribution is 2.21. The molecular weight excluding hydrogens is 258 g/mol. The summed E-state index contributed by atoms with van der Waals surface area (Å²) < 4.78 is 5.34. The highest BCUT2D eigenvalue weighted by molar-refractivity contribution is 7.07. The van der Waals surface area contributed by atoms with Crippen molar-refractivity contribution >= 4 is 17.6 Å². The molecule has 0 amide bonds. The van der Waals surface area contributed by atoms with Crippen LogP contribution in [0, 0.1) is 0 Å². The van der Waals surface area contributed by atoms with Crippen molar-refractivity contribution in [3.63, 3.8) is 0 Å². The molecule has 1 aromatic heterocycles. The van der Waals surface area contributed by atoms with E-state index in [9.17, 15) is 4.79 Å². The van der Waals surface area contributed by atoms with Crippen molar-refractivity contribution in [2.75, 3.05) is 14.2 Å². The number of carbonyl (C=O) groups excluding carboxylic acids is 1. The molecule has 0 unspecified atom stereocenters. The minimum atomic E-state index is 0.680. The van der Waals surface area contributed by atoms with Crippen LogP contribution < -0.4 is 4.74 Å². The largest absolute Gasteiger partial charge is 0.496 e. The summed E-state index contributed by atoms with van der Waals surface area (Å²) >= 11 is 1.70. The molecule has 3 nitrogen and oxygen atoms in total. The van der Waals surface area contributed by atoms with Crippen molar-refractivity contribution in [1.82, 2.24) is 4.90 Å². The van der Waals surface area contributed by atoms with E-state index in [1.165, 1.54) is 5.56 Å². The molecule has 0 aliphatic carbocycles. The molecule has 0 aliphatic heterocycles. The van der Waals surface area contributed by atoms with E-state index in [0.717, 1.165) is 30.7 Å². The monoisotopic (exact) mass is 275 g/mol. The zero-order valence-electron chi connectivity index (χ0n) is 11.1. The molecule has 0 aliphatic rings. The molecule has 4 heteroatoms. The van der Waals surface area contributed by atoms with Crippen LogP contribution in [0.4, 0.5) is 0 Å². The maximum Gasteiger partial charge on any atom is 0.150 e. The predicted molar refractivity (Wildman–Crippen MR) is 77.9 cm³/mol. The van der Waals surface area contributed by atoms with Crippen LogP contribution in [-0.4, -0.2) is 25.3 Å². The molecule has 19 heavy (non-hydrogen) atoms. The van der Waals surface area contributed by atoms with Gasteiger partial charge in [0.25, 0.3) is 0 Å². The highest BCUT2D eigenvalue weighted by Gasteiger charge is 2.08. The van der Waals surface area contributed by atoms with E-state index >= 15 is 0 Å².